The molecule has 0 saturated carbocycles. The highest BCUT2D eigenvalue weighted by atomic mass is 35.5. The van der Waals surface area contributed by atoms with Crippen LogP contribution in [0.3, 0.4) is 0 Å². The highest BCUT2D eigenvalue weighted by Crippen LogP contribution is 2.10. The van der Waals surface area contributed by atoms with Crippen molar-refractivity contribution in [1.29, 1.82) is 0 Å². The Morgan fingerprint density at radius 1 is 1.56 bits per heavy atom. The normalized spacial score (nSPS) is 19.3. The van der Waals surface area contributed by atoms with Crippen LogP contribution in [-0.4, -0.2) is 25.1 Å². The van der Waals surface area contributed by atoms with E-state index in [2.05, 4.69) is 15.6 Å². The second-order valence-electron chi connectivity index (χ2n) is 3.81. The zero-order valence-corrected chi connectivity index (χ0v) is 9.67. The minimum absolute atomic E-state index is 0.235. The monoisotopic (exact) mass is 238 g/mol. The first-order valence-electron chi connectivity index (χ1n) is 5.26. The molecule has 1 aromatic carbocycles. The number of hydrogen-bond acceptors (Lipinski definition) is 4. The lowest BCUT2D eigenvalue weighted by atomic mass is 10.2. The number of rotatable bonds is 4. The highest BCUT2D eigenvalue weighted by molar-refractivity contribution is 6.30. The molecule has 4 nitrogen and oxygen atoms in total. The fourth-order valence-electron chi connectivity index (χ4n) is 1.66. The molecule has 5 heteroatoms. The summed E-state index contributed by atoms with van der Waals surface area (Å²) in [6.45, 7) is 2.43. The molecule has 4 N–H and O–H groups in total. The van der Waals surface area contributed by atoms with Crippen molar-refractivity contribution in [2.75, 3.05) is 13.1 Å². The van der Waals surface area contributed by atoms with Crippen LogP contribution in [0.25, 0.3) is 0 Å². The van der Waals surface area contributed by atoms with Crippen molar-refractivity contribution < 1.29 is 0 Å². The summed E-state index contributed by atoms with van der Waals surface area (Å²) in [6.07, 6.45) is 0. The molecule has 1 atom stereocenters. The van der Waals surface area contributed by atoms with Crippen molar-refractivity contribution in [3.8, 4) is 0 Å². The maximum Gasteiger partial charge on any atom is 0.189 e. The van der Waals surface area contributed by atoms with Gasteiger partial charge in [-0.1, -0.05) is 23.7 Å². The summed E-state index contributed by atoms with van der Waals surface area (Å²) < 4.78 is 0. The average Bonchev–Trinajstić information content (AvgIpc) is 2.64. The molecule has 86 valence electrons. The number of benzene rings is 1. The average molecular weight is 239 g/mol. The molecule has 1 heterocycles. The Bertz CT molecular complexity index is 391. The van der Waals surface area contributed by atoms with Crippen LogP contribution < -0.4 is 16.4 Å². The maximum atomic E-state index is 5.89. The lowest BCUT2D eigenvalue weighted by Gasteiger charge is -2.08. The Labute approximate surface area is 99.9 Å². The first kappa shape index (κ1) is 11.2. The zero-order chi connectivity index (χ0) is 11.4. The van der Waals surface area contributed by atoms with Gasteiger partial charge in [-0.3, -0.25) is 0 Å². The molecule has 0 aromatic heterocycles. The molecule has 0 spiro atoms. The van der Waals surface area contributed by atoms with Crippen molar-refractivity contribution in [2.45, 2.75) is 12.6 Å². The summed E-state index contributed by atoms with van der Waals surface area (Å²) in [5, 5.41) is 7.09. The van der Waals surface area contributed by atoms with E-state index >= 15 is 0 Å². The summed E-state index contributed by atoms with van der Waals surface area (Å²) in [6, 6.07) is 8.06. The van der Waals surface area contributed by atoms with Crippen LogP contribution in [-0.2, 0) is 6.54 Å². The standard InChI is InChI=1S/C11H15ClN4/c12-9-3-1-2-8(4-9)5-14-6-10-7-15-11(13)16-10/h1-4,10,14H,5-7H2,(H3,13,15,16). The van der Waals surface area contributed by atoms with Gasteiger partial charge in [-0.05, 0) is 17.7 Å². The summed E-state index contributed by atoms with van der Waals surface area (Å²) in [5.74, 6) is 0.537. The van der Waals surface area contributed by atoms with E-state index in [1.807, 2.05) is 24.3 Å². The predicted molar refractivity (Wildman–Crippen MR) is 66.6 cm³/mol. The molecule has 0 aliphatic carbocycles. The molecule has 0 saturated heterocycles. The van der Waals surface area contributed by atoms with Crippen LogP contribution in [0.15, 0.2) is 29.3 Å². The summed E-state index contributed by atoms with van der Waals surface area (Å²) in [4.78, 5) is 4.23. The minimum atomic E-state index is 0.235. The van der Waals surface area contributed by atoms with Gasteiger partial charge in [0.25, 0.3) is 0 Å². The fraction of sp³-hybridized carbons (Fsp3) is 0.364. The van der Waals surface area contributed by atoms with E-state index in [4.69, 9.17) is 17.3 Å². The SMILES string of the molecule is NC1=NC(CNCc2cccc(Cl)c2)CN1. The van der Waals surface area contributed by atoms with Crippen molar-refractivity contribution in [3.05, 3.63) is 34.9 Å². The van der Waals surface area contributed by atoms with Gasteiger partial charge in [0.2, 0.25) is 0 Å². The Morgan fingerprint density at radius 2 is 2.44 bits per heavy atom. The molecule has 0 bridgehead atoms. The summed E-state index contributed by atoms with van der Waals surface area (Å²) in [7, 11) is 0. The van der Waals surface area contributed by atoms with Crippen LogP contribution in [0.5, 0.6) is 0 Å². The van der Waals surface area contributed by atoms with Gasteiger partial charge in [0.05, 0.1) is 6.04 Å². The lowest BCUT2D eigenvalue weighted by Crippen LogP contribution is -2.31. The van der Waals surface area contributed by atoms with Gasteiger partial charge in [0.15, 0.2) is 5.96 Å². The molecule has 1 aliphatic rings. The third-order valence-corrected chi connectivity index (χ3v) is 2.67. The Balaban J connectivity index is 1.76. The molecule has 1 aromatic rings. The molecule has 0 fully saturated rings. The van der Waals surface area contributed by atoms with E-state index in [-0.39, 0.29) is 6.04 Å². The molecule has 16 heavy (non-hydrogen) atoms. The smallest absolute Gasteiger partial charge is 0.189 e. The fourth-order valence-corrected chi connectivity index (χ4v) is 1.87. The number of hydrogen-bond donors (Lipinski definition) is 3. The van der Waals surface area contributed by atoms with Crippen molar-refractivity contribution >= 4 is 17.6 Å². The number of nitrogens with zero attached hydrogens (tertiary/aromatic N) is 1. The summed E-state index contributed by atoms with van der Waals surface area (Å²) in [5.41, 5.74) is 6.70. The summed E-state index contributed by atoms with van der Waals surface area (Å²) >= 11 is 5.89. The van der Waals surface area contributed by atoms with Gasteiger partial charge in [-0.15, -0.1) is 0 Å². The zero-order valence-electron chi connectivity index (χ0n) is 8.91. The van der Waals surface area contributed by atoms with Crippen molar-refractivity contribution in [3.63, 3.8) is 0 Å². The minimum Gasteiger partial charge on any atom is -0.370 e. The third-order valence-electron chi connectivity index (χ3n) is 2.44. The Hall–Kier alpha value is -1.26. The second-order valence-corrected chi connectivity index (χ2v) is 4.25. The maximum absolute atomic E-state index is 5.89. The molecule has 2 rings (SSSR count). The molecule has 1 unspecified atom stereocenters. The van der Waals surface area contributed by atoms with Crippen LogP contribution in [0.2, 0.25) is 5.02 Å². The van der Waals surface area contributed by atoms with Crippen LogP contribution in [0, 0.1) is 0 Å². The number of guanidine groups is 1. The number of aliphatic imine (C=N–C) groups is 1. The van der Waals surface area contributed by atoms with E-state index in [0.29, 0.717) is 5.96 Å². The number of halogens is 1. The van der Waals surface area contributed by atoms with E-state index in [1.165, 1.54) is 5.56 Å². The van der Waals surface area contributed by atoms with Crippen molar-refractivity contribution in [1.82, 2.24) is 10.6 Å². The van der Waals surface area contributed by atoms with Gasteiger partial charge in [0.1, 0.15) is 0 Å². The molecule has 0 radical (unpaired) electrons. The van der Waals surface area contributed by atoms with Crippen LogP contribution >= 0.6 is 11.6 Å². The Kier molecular flexibility index (Phi) is 3.64. The van der Waals surface area contributed by atoms with E-state index in [0.717, 1.165) is 24.7 Å². The molecular weight excluding hydrogens is 224 g/mol. The van der Waals surface area contributed by atoms with E-state index in [9.17, 15) is 0 Å². The van der Waals surface area contributed by atoms with Gasteiger partial charge < -0.3 is 16.4 Å². The quantitative estimate of drug-likeness (QED) is 0.724. The molecule has 0 amide bonds. The van der Waals surface area contributed by atoms with Gasteiger partial charge in [-0.2, -0.15) is 0 Å². The van der Waals surface area contributed by atoms with Crippen LogP contribution in [0.1, 0.15) is 5.56 Å². The van der Waals surface area contributed by atoms with Crippen molar-refractivity contribution in [2.24, 2.45) is 10.7 Å². The van der Waals surface area contributed by atoms with E-state index in [1.54, 1.807) is 0 Å². The van der Waals surface area contributed by atoms with Crippen LogP contribution in [0.4, 0.5) is 0 Å². The van der Waals surface area contributed by atoms with E-state index < -0.39 is 0 Å². The second kappa shape index (κ2) is 5.18. The number of nitrogens with one attached hydrogen (secondary N) is 2. The van der Waals surface area contributed by atoms with Gasteiger partial charge in [0, 0.05) is 24.7 Å². The first-order valence-corrected chi connectivity index (χ1v) is 5.64. The van der Waals surface area contributed by atoms with Gasteiger partial charge >= 0.3 is 0 Å². The van der Waals surface area contributed by atoms with Gasteiger partial charge in [-0.25, -0.2) is 4.99 Å². The lowest BCUT2D eigenvalue weighted by molar-refractivity contribution is 0.591. The largest absolute Gasteiger partial charge is 0.370 e. The first-order chi connectivity index (χ1) is 7.74. The predicted octanol–water partition coefficient (Wildman–Crippen LogP) is 0.716. The highest BCUT2D eigenvalue weighted by Gasteiger charge is 2.13. The Morgan fingerprint density at radius 3 is 3.12 bits per heavy atom. The molecule has 1 aliphatic heterocycles. The molecular formula is C11H15ClN4. The third kappa shape index (κ3) is 3.12. The topological polar surface area (TPSA) is 62.4 Å². The number of nitrogens with two attached hydrogens (primary N) is 1.